The summed E-state index contributed by atoms with van der Waals surface area (Å²) in [4.78, 5) is 24.4. The van der Waals surface area contributed by atoms with Crippen LogP contribution < -0.4 is 5.32 Å². The van der Waals surface area contributed by atoms with Gasteiger partial charge in [0.1, 0.15) is 5.75 Å². The Bertz CT molecular complexity index is 546. The number of aliphatic hydroxyl groups is 1. The van der Waals surface area contributed by atoms with Gasteiger partial charge in [-0.05, 0) is 37.0 Å². The lowest BCUT2D eigenvalue weighted by Crippen LogP contribution is -2.33. The smallest absolute Gasteiger partial charge is 0.335 e. The molecule has 0 aliphatic carbocycles. The summed E-state index contributed by atoms with van der Waals surface area (Å²) in [7, 11) is 0. The first-order valence-electron chi connectivity index (χ1n) is 6.74. The van der Waals surface area contributed by atoms with Gasteiger partial charge in [-0.15, -0.1) is 0 Å². The van der Waals surface area contributed by atoms with E-state index < -0.39 is 5.97 Å². The molecule has 1 aromatic carbocycles. The highest BCUT2D eigenvalue weighted by Crippen LogP contribution is 2.26. The first-order valence-corrected chi connectivity index (χ1v) is 6.74. The van der Waals surface area contributed by atoms with Crippen LogP contribution in [0.3, 0.4) is 0 Å². The van der Waals surface area contributed by atoms with Crippen LogP contribution in [0.5, 0.6) is 5.75 Å². The Morgan fingerprint density at radius 3 is 2.76 bits per heavy atom. The van der Waals surface area contributed by atoms with Crippen LogP contribution in [0, 0.1) is 5.92 Å². The summed E-state index contributed by atoms with van der Waals surface area (Å²) in [5.41, 5.74) is 0.130. The van der Waals surface area contributed by atoms with Crippen molar-refractivity contribution < 1.29 is 24.9 Å². The molecule has 1 fully saturated rings. The van der Waals surface area contributed by atoms with E-state index in [2.05, 4.69) is 5.32 Å². The van der Waals surface area contributed by atoms with E-state index in [4.69, 9.17) is 10.2 Å². The Labute approximate surface area is 121 Å². The lowest BCUT2D eigenvalue weighted by molar-refractivity contribution is 0.0696. The molecule has 2 rings (SSSR count). The number of carboxylic acid groups (broad SMARTS) is 1. The normalized spacial score (nSPS) is 17.8. The molecule has 1 heterocycles. The number of amides is 2. The molecule has 1 aromatic rings. The van der Waals surface area contributed by atoms with E-state index in [1.54, 1.807) is 4.90 Å². The van der Waals surface area contributed by atoms with Crippen molar-refractivity contribution in [1.29, 1.82) is 0 Å². The maximum absolute atomic E-state index is 12.1. The lowest BCUT2D eigenvalue weighted by atomic mass is 10.1. The summed E-state index contributed by atoms with van der Waals surface area (Å²) in [5, 5.41) is 30.0. The maximum atomic E-state index is 12.1. The monoisotopic (exact) mass is 294 g/mol. The van der Waals surface area contributed by atoms with Gasteiger partial charge in [-0.1, -0.05) is 0 Å². The average Bonchev–Trinajstić information content (AvgIpc) is 2.90. The molecule has 0 radical (unpaired) electrons. The van der Waals surface area contributed by atoms with Crippen LogP contribution in [-0.4, -0.2) is 51.9 Å². The Kier molecular flexibility index (Phi) is 4.64. The third-order valence-corrected chi connectivity index (χ3v) is 3.60. The highest BCUT2D eigenvalue weighted by Gasteiger charge is 2.26. The Morgan fingerprint density at radius 2 is 2.14 bits per heavy atom. The number of nitrogens with one attached hydrogen (secondary N) is 1. The number of phenolic OH excluding ortho intramolecular Hbond substituents is 1. The van der Waals surface area contributed by atoms with Crippen molar-refractivity contribution in [3.8, 4) is 5.75 Å². The molecular formula is C14H18N2O5. The number of aromatic carboxylic acids is 1. The van der Waals surface area contributed by atoms with Gasteiger partial charge in [0.25, 0.3) is 0 Å². The number of phenols is 1. The summed E-state index contributed by atoms with van der Waals surface area (Å²) in [6.45, 7) is 1.28. The molecule has 1 aliphatic rings. The predicted octanol–water partition coefficient (Wildman–Crippen LogP) is 1.33. The third kappa shape index (κ3) is 3.63. The average molecular weight is 294 g/mol. The number of carbonyl (C=O) groups excluding carboxylic acids is 1. The fraction of sp³-hybridized carbons (Fsp3) is 0.429. The predicted molar refractivity (Wildman–Crippen MR) is 75.5 cm³/mol. The quantitative estimate of drug-likeness (QED) is 0.626. The molecule has 0 aromatic heterocycles. The van der Waals surface area contributed by atoms with Crippen molar-refractivity contribution in [2.24, 2.45) is 5.92 Å². The van der Waals surface area contributed by atoms with Crippen LogP contribution in [0.15, 0.2) is 18.2 Å². The van der Waals surface area contributed by atoms with E-state index >= 15 is 0 Å². The highest BCUT2D eigenvalue weighted by atomic mass is 16.4. The topological polar surface area (TPSA) is 110 Å². The van der Waals surface area contributed by atoms with Crippen LogP contribution in [-0.2, 0) is 0 Å². The first kappa shape index (κ1) is 15.1. The first-order chi connectivity index (χ1) is 10.0. The zero-order chi connectivity index (χ0) is 15.4. The van der Waals surface area contributed by atoms with Crippen molar-refractivity contribution >= 4 is 17.7 Å². The van der Waals surface area contributed by atoms with Gasteiger partial charge >= 0.3 is 12.0 Å². The van der Waals surface area contributed by atoms with Gasteiger partial charge in [0.15, 0.2) is 0 Å². The summed E-state index contributed by atoms with van der Waals surface area (Å²) < 4.78 is 0. The number of aliphatic hydroxyl groups excluding tert-OH is 1. The van der Waals surface area contributed by atoms with Gasteiger partial charge in [0.05, 0.1) is 11.3 Å². The fourth-order valence-electron chi connectivity index (χ4n) is 2.40. The van der Waals surface area contributed by atoms with E-state index in [9.17, 15) is 14.7 Å². The van der Waals surface area contributed by atoms with E-state index in [0.29, 0.717) is 25.4 Å². The molecule has 7 nitrogen and oxygen atoms in total. The minimum Gasteiger partial charge on any atom is -0.506 e. The lowest BCUT2D eigenvalue weighted by Gasteiger charge is -2.18. The highest BCUT2D eigenvalue weighted by molar-refractivity contribution is 5.93. The molecule has 0 saturated carbocycles. The summed E-state index contributed by atoms with van der Waals surface area (Å²) in [6, 6.07) is 3.43. The molecule has 1 unspecified atom stereocenters. The van der Waals surface area contributed by atoms with Gasteiger partial charge in [0.2, 0.25) is 0 Å². The fourth-order valence-corrected chi connectivity index (χ4v) is 2.40. The molecule has 0 spiro atoms. The Hall–Kier alpha value is -2.28. The molecule has 1 atom stereocenters. The third-order valence-electron chi connectivity index (χ3n) is 3.60. The summed E-state index contributed by atoms with van der Waals surface area (Å²) in [6.07, 6.45) is 1.51. The molecule has 2 amide bonds. The minimum atomic E-state index is -1.14. The van der Waals surface area contributed by atoms with Crippen molar-refractivity contribution in [2.75, 3.05) is 25.0 Å². The van der Waals surface area contributed by atoms with E-state index in [0.717, 1.165) is 12.5 Å². The zero-order valence-electron chi connectivity index (χ0n) is 11.5. The molecular weight excluding hydrogens is 276 g/mol. The van der Waals surface area contributed by atoms with E-state index in [1.807, 2.05) is 0 Å². The second kappa shape index (κ2) is 6.45. The molecule has 1 aliphatic heterocycles. The number of rotatable bonds is 4. The number of aromatic hydroxyl groups is 1. The van der Waals surface area contributed by atoms with E-state index in [-0.39, 0.29) is 29.6 Å². The van der Waals surface area contributed by atoms with Crippen LogP contribution in [0.1, 0.15) is 23.2 Å². The van der Waals surface area contributed by atoms with Crippen LogP contribution in [0.25, 0.3) is 0 Å². The number of urea groups is 1. The minimum absolute atomic E-state index is 0.0466. The maximum Gasteiger partial charge on any atom is 0.335 e. The standard InChI is InChI=1S/C14H18N2O5/c17-6-4-9-3-5-16(8-9)14(21)15-11-2-1-10(13(19)20)7-12(11)18/h1-2,7,9,17-18H,3-6,8H2,(H,15,21)(H,19,20). The van der Waals surface area contributed by atoms with Gasteiger partial charge in [0, 0.05) is 19.7 Å². The number of anilines is 1. The van der Waals surface area contributed by atoms with Crippen molar-refractivity contribution in [3.63, 3.8) is 0 Å². The van der Waals surface area contributed by atoms with Gasteiger partial charge in [-0.3, -0.25) is 0 Å². The Morgan fingerprint density at radius 1 is 1.38 bits per heavy atom. The molecule has 1 saturated heterocycles. The largest absolute Gasteiger partial charge is 0.506 e. The number of hydrogen-bond acceptors (Lipinski definition) is 4. The van der Waals surface area contributed by atoms with Crippen LogP contribution in [0.2, 0.25) is 0 Å². The Balaban J connectivity index is 1.99. The van der Waals surface area contributed by atoms with Crippen LogP contribution in [0.4, 0.5) is 10.5 Å². The summed E-state index contributed by atoms with van der Waals surface area (Å²) >= 11 is 0. The number of likely N-dealkylation sites (tertiary alicyclic amines) is 1. The molecule has 0 bridgehead atoms. The SMILES string of the molecule is O=C(O)c1ccc(NC(=O)N2CCC(CCO)C2)c(O)c1. The van der Waals surface area contributed by atoms with Gasteiger partial charge in [-0.25, -0.2) is 9.59 Å². The van der Waals surface area contributed by atoms with E-state index in [1.165, 1.54) is 12.1 Å². The molecule has 4 N–H and O–H groups in total. The number of nitrogens with zero attached hydrogens (tertiary/aromatic N) is 1. The number of carboxylic acids is 1. The second-order valence-electron chi connectivity index (χ2n) is 5.08. The molecule has 21 heavy (non-hydrogen) atoms. The summed E-state index contributed by atoms with van der Waals surface area (Å²) in [5.74, 6) is -1.13. The van der Waals surface area contributed by atoms with Gasteiger partial charge < -0.3 is 25.5 Å². The zero-order valence-corrected chi connectivity index (χ0v) is 11.5. The van der Waals surface area contributed by atoms with Gasteiger partial charge in [-0.2, -0.15) is 0 Å². The number of hydrogen-bond donors (Lipinski definition) is 4. The van der Waals surface area contributed by atoms with Crippen LogP contribution >= 0.6 is 0 Å². The van der Waals surface area contributed by atoms with Crippen molar-refractivity contribution in [1.82, 2.24) is 4.90 Å². The molecule has 114 valence electrons. The second-order valence-corrected chi connectivity index (χ2v) is 5.08. The number of carbonyl (C=O) groups is 2. The number of benzene rings is 1. The van der Waals surface area contributed by atoms with Crippen molar-refractivity contribution in [3.05, 3.63) is 23.8 Å². The molecule has 7 heteroatoms. The van der Waals surface area contributed by atoms with Crippen molar-refractivity contribution in [2.45, 2.75) is 12.8 Å².